The van der Waals surface area contributed by atoms with Crippen LogP contribution in [0.5, 0.6) is 0 Å². The molecular weight excluding hydrogens is 236 g/mol. The number of nitrogens with zero attached hydrogens (tertiary/aromatic N) is 1. The lowest BCUT2D eigenvalue weighted by atomic mass is 9.99. The van der Waals surface area contributed by atoms with Crippen molar-refractivity contribution in [1.82, 2.24) is 0 Å². The lowest BCUT2D eigenvalue weighted by Gasteiger charge is -2.44. The van der Waals surface area contributed by atoms with Crippen LogP contribution >= 0.6 is 0 Å². The molecule has 19 heavy (non-hydrogen) atoms. The summed E-state index contributed by atoms with van der Waals surface area (Å²) in [6.45, 7) is 9.54. The Kier molecular flexibility index (Phi) is 3.17. The number of nitrogens with one attached hydrogen (secondary N) is 1. The van der Waals surface area contributed by atoms with Gasteiger partial charge in [-0.05, 0) is 45.2 Å². The van der Waals surface area contributed by atoms with Crippen LogP contribution in [-0.4, -0.2) is 31.3 Å². The van der Waals surface area contributed by atoms with Gasteiger partial charge < -0.3 is 15.0 Å². The Morgan fingerprint density at radius 3 is 3.00 bits per heavy atom. The van der Waals surface area contributed by atoms with Gasteiger partial charge in [-0.1, -0.05) is 12.1 Å². The predicted molar refractivity (Wildman–Crippen MR) is 80.1 cm³/mol. The van der Waals surface area contributed by atoms with Crippen molar-refractivity contribution in [3.8, 4) is 0 Å². The molecule has 1 unspecified atom stereocenters. The topological polar surface area (TPSA) is 24.5 Å². The number of fused-ring (bicyclic) bond motifs is 1. The van der Waals surface area contributed by atoms with Crippen molar-refractivity contribution < 1.29 is 4.74 Å². The van der Waals surface area contributed by atoms with Crippen LogP contribution in [0, 0.1) is 0 Å². The first kappa shape index (κ1) is 12.8. The van der Waals surface area contributed by atoms with E-state index in [0.29, 0.717) is 0 Å². The number of anilines is 2. The molecular formula is C16H24N2O. The molecule has 1 N–H and O–H groups in total. The van der Waals surface area contributed by atoms with Crippen LogP contribution < -0.4 is 10.2 Å². The van der Waals surface area contributed by atoms with E-state index < -0.39 is 0 Å². The van der Waals surface area contributed by atoms with E-state index in [0.717, 1.165) is 19.6 Å². The summed E-state index contributed by atoms with van der Waals surface area (Å²) in [4.78, 5) is 2.48. The Morgan fingerprint density at radius 1 is 1.37 bits per heavy atom. The summed E-state index contributed by atoms with van der Waals surface area (Å²) in [5.74, 6) is 0. The van der Waals surface area contributed by atoms with E-state index >= 15 is 0 Å². The number of para-hydroxylation sites is 1. The Hall–Kier alpha value is -1.22. The minimum Gasteiger partial charge on any atom is -0.383 e. The number of ether oxygens (including phenoxy) is 1. The van der Waals surface area contributed by atoms with E-state index in [2.05, 4.69) is 49.2 Å². The average Bonchev–Trinajstić information content (AvgIpc) is 2.35. The molecule has 0 spiro atoms. The molecule has 0 aromatic heterocycles. The van der Waals surface area contributed by atoms with Crippen molar-refractivity contribution in [2.45, 2.75) is 45.3 Å². The molecule has 2 aliphatic rings. The fraction of sp³-hybridized carbons (Fsp3) is 0.625. The zero-order chi connectivity index (χ0) is 13.5. The zero-order valence-electron chi connectivity index (χ0n) is 12.2. The molecule has 0 amide bonds. The highest BCUT2D eigenvalue weighted by Gasteiger charge is 2.32. The highest BCUT2D eigenvalue weighted by atomic mass is 16.5. The Balaban J connectivity index is 1.93. The zero-order valence-corrected chi connectivity index (χ0v) is 12.2. The minimum atomic E-state index is -0.0743. The molecule has 0 saturated carbocycles. The number of hydrogen-bond donors (Lipinski definition) is 1. The third-order valence-corrected chi connectivity index (χ3v) is 3.96. The summed E-state index contributed by atoms with van der Waals surface area (Å²) in [6.07, 6.45) is 2.71. The SMILES string of the molecule is CC1CN(c2cccc3c2NCCC3)CC(C)(C)O1. The van der Waals surface area contributed by atoms with Crippen molar-refractivity contribution >= 4 is 11.4 Å². The van der Waals surface area contributed by atoms with Gasteiger partial charge in [-0.2, -0.15) is 0 Å². The summed E-state index contributed by atoms with van der Waals surface area (Å²) < 4.78 is 6.01. The van der Waals surface area contributed by atoms with Gasteiger partial charge in [0.05, 0.1) is 23.1 Å². The summed E-state index contributed by atoms with van der Waals surface area (Å²) >= 11 is 0. The van der Waals surface area contributed by atoms with Crippen molar-refractivity contribution in [3.63, 3.8) is 0 Å². The second-order valence-electron chi connectivity index (χ2n) is 6.41. The second kappa shape index (κ2) is 4.71. The maximum Gasteiger partial charge on any atom is 0.0805 e. The molecule has 104 valence electrons. The highest BCUT2D eigenvalue weighted by Crippen LogP contribution is 2.35. The van der Waals surface area contributed by atoms with Gasteiger partial charge in [0, 0.05) is 19.6 Å². The number of hydrogen-bond acceptors (Lipinski definition) is 3. The molecule has 0 radical (unpaired) electrons. The molecule has 0 aliphatic carbocycles. The lowest BCUT2D eigenvalue weighted by Crippen LogP contribution is -2.52. The summed E-state index contributed by atoms with van der Waals surface area (Å²) in [5, 5.41) is 3.59. The van der Waals surface area contributed by atoms with Crippen LogP contribution in [0.25, 0.3) is 0 Å². The number of aryl methyl sites for hydroxylation is 1. The molecule has 3 rings (SSSR count). The number of morpholine rings is 1. The second-order valence-corrected chi connectivity index (χ2v) is 6.41. The van der Waals surface area contributed by atoms with Crippen molar-refractivity contribution in [1.29, 1.82) is 0 Å². The quantitative estimate of drug-likeness (QED) is 0.840. The first-order chi connectivity index (χ1) is 9.05. The minimum absolute atomic E-state index is 0.0743. The molecule has 2 aliphatic heterocycles. The van der Waals surface area contributed by atoms with Crippen LogP contribution in [0.4, 0.5) is 11.4 Å². The average molecular weight is 260 g/mol. The molecule has 1 fully saturated rings. The molecule has 3 nitrogen and oxygen atoms in total. The Morgan fingerprint density at radius 2 is 2.21 bits per heavy atom. The molecule has 0 bridgehead atoms. The van der Waals surface area contributed by atoms with Crippen LogP contribution in [-0.2, 0) is 11.2 Å². The van der Waals surface area contributed by atoms with Crippen LogP contribution in [0.15, 0.2) is 18.2 Å². The van der Waals surface area contributed by atoms with Crippen LogP contribution in [0.1, 0.15) is 32.8 Å². The number of rotatable bonds is 1. The van der Waals surface area contributed by atoms with Gasteiger partial charge >= 0.3 is 0 Å². The van der Waals surface area contributed by atoms with E-state index in [4.69, 9.17) is 4.74 Å². The molecule has 1 aromatic rings. The Bertz CT molecular complexity index is 470. The first-order valence-electron chi connectivity index (χ1n) is 7.34. The standard InChI is InChI=1S/C16H24N2O/c1-12-10-18(11-16(2,3)19-12)14-8-4-6-13-7-5-9-17-15(13)14/h4,6,8,12,17H,5,7,9-11H2,1-3H3. The fourth-order valence-corrected chi connectivity index (χ4v) is 3.39. The fourth-order valence-electron chi connectivity index (χ4n) is 3.39. The molecule has 1 aromatic carbocycles. The van der Waals surface area contributed by atoms with Crippen molar-refractivity contribution in [3.05, 3.63) is 23.8 Å². The summed E-state index contributed by atoms with van der Waals surface area (Å²) in [6, 6.07) is 6.68. The van der Waals surface area contributed by atoms with E-state index in [1.165, 1.54) is 29.8 Å². The normalized spacial score (nSPS) is 25.6. The predicted octanol–water partition coefficient (Wildman–Crippen LogP) is 3.05. The van der Waals surface area contributed by atoms with E-state index in [1.807, 2.05) is 0 Å². The largest absolute Gasteiger partial charge is 0.383 e. The van der Waals surface area contributed by atoms with Gasteiger partial charge in [-0.3, -0.25) is 0 Å². The van der Waals surface area contributed by atoms with Crippen molar-refractivity contribution in [2.75, 3.05) is 29.9 Å². The van der Waals surface area contributed by atoms with Gasteiger partial charge in [0.25, 0.3) is 0 Å². The molecule has 1 saturated heterocycles. The lowest BCUT2D eigenvalue weighted by molar-refractivity contribution is -0.0749. The van der Waals surface area contributed by atoms with Gasteiger partial charge in [-0.25, -0.2) is 0 Å². The van der Waals surface area contributed by atoms with Gasteiger partial charge in [0.15, 0.2) is 0 Å². The third kappa shape index (κ3) is 2.57. The van der Waals surface area contributed by atoms with Crippen LogP contribution in [0.2, 0.25) is 0 Å². The molecule has 3 heteroatoms. The first-order valence-corrected chi connectivity index (χ1v) is 7.34. The number of benzene rings is 1. The maximum atomic E-state index is 6.01. The summed E-state index contributed by atoms with van der Waals surface area (Å²) in [5.41, 5.74) is 4.08. The van der Waals surface area contributed by atoms with E-state index in [9.17, 15) is 0 Å². The molecule has 2 heterocycles. The van der Waals surface area contributed by atoms with E-state index in [-0.39, 0.29) is 11.7 Å². The van der Waals surface area contributed by atoms with Crippen LogP contribution in [0.3, 0.4) is 0 Å². The highest BCUT2D eigenvalue weighted by molar-refractivity contribution is 5.74. The summed E-state index contributed by atoms with van der Waals surface area (Å²) in [7, 11) is 0. The third-order valence-electron chi connectivity index (χ3n) is 3.96. The Labute approximate surface area is 115 Å². The van der Waals surface area contributed by atoms with Crippen molar-refractivity contribution in [2.24, 2.45) is 0 Å². The monoisotopic (exact) mass is 260 g/mol. The van der Waals surface area contributed by atoms with Gasteiger partial charge in [0.2, 0.25) is 0 Å². The smallest absolute Gasteiger partial charge is 0.0805 e. The van der Waals surface area contributed by atoms with E-state index in [1.54, 1.807) is 0 Å². The molecule has 1 atom stereocenters. The van der Waals surface area contributed by atoms with Gasteiger partial charge in [0.1, 0.15) is 0 Å². The maximum absolute atomic E-state index is 6.01. The van der Waals surface area contributed by atoms with Gasteiger partial charge in [-0.15, -0.1) is 0 Å².